The predicted octanol–water partition coefficient (Wildman–Crippen LogP) is 2.01. The van der Waals surface area contributed by atoms with Crippen LogP contribution in [0.5, 0.6) is 5.88 Å². The van der Waals surface area contributed by atoms with Crippen molar-refractivity contribution in [3.63, 3.8) is 0 Å². The van der Waals surface area contributed by atoms with Crippen molar-refractivity contribution in [2.45, 2.75) is 25.9 Å². The second kappa shape index (κ2) is 7.05. The first kappa shape index (κ1) is 16.5. The summed E-state index contributed by atoms with van der Waals surface area (Å²) in [7, 11) is 4.02. The van der Waals surface area contributed by atoms with Gasteiger partial charge in [0.05, 0.1) is 12.6 Å². The van der Waals surface area contributed by atoms with Gasteiger partial charge in [0.2, 0.25) is 5.88 Å². The largest absolute Gasteiger partial charge is 0.478 e. The summed E-state index contributed by atoms with van der Waals surface area (Å²) < 4.78 is 7.42. The molecule has 0 saturated carbocycles. The number of carbonyl (C=O) groups excluding carboxylic acids is 1. The molecule has 1 N–H and O–H groups in total. The van der Waals surface area contributed by atoms with Crippen molar-refractivity contribution in [2.75, 3.05) is 27.2 Å². The molecule has 6 heteroatoms. The molecule has 1 aromatic heterocycles. The number of carbonyl (C=O) groups is 1. The number of hydrogen-bond donors (Lipinski definition) is 1. The first-order chi connectivity index (χ1) is 11.6. The number of aryl methyl sites for hydroxylation is 1. The lowest BCUT2D eigenvalue weighted by Crippen LogP contribution is -2.35. The lowest BCUT2D eigenvalue weighted by atomic mass is 10.1. The molecule has 3 rings (SSSR count). The molecule has 0 radical (unpaired) electrons. The Kier molecular flexibility index (Phi) is 4.85. The minimum absolute atomic E-state index is 0.115. The topological polar surface area (TPSA) is 59.4 Å². The van der Waals surface area contributed by atoms with Gasteiger partial charge in [-0.2, -0.15) is 5.10 Å². The molecule has 6 nitrogen and oxygen atoms in total. The number of fused-ring (bicyclic) bond motifs is 1. The molecule has 2 aromatic rings. The van der Waals surface area contributed by atoms with Gasteiger partial charge >= 0.3 is 0 Å². The van der Waals surface area contributed by atoms with E-state index >= 15 is 0 Å². The first-order valence-corrected chi connectivity index (χ1v) is 8.27. The van der Waals surface area contributed by atoms with Gasteiger partial charge in [-0.25, -0.2) is 4.68 Å². The Bertz CT molecular complexity index is 709. The van der Waals surface area contributed by atoms with Gasteiger partial charge in [-0.3, -0.25) is 4.79 Å². The number of amides is 1. The third kappa shape index (κ3) is 3.28. The molecule has 2 heterocycles. The Hall–Kier alpha value is -2.34. The van der Waals surface area contributed by atoms with Crippen LogP contribution < -0.4 is 10.1 Å². The number of benzene rings is 1. The van der Waals surface area contributed by atoms with Crippen molar-refractivity contribution in [1.29, 1.82) is 0 Å². The van der Waals surface area contributed by atoms with E-state index in [1.54, 1.807) is 4.68 Å². The normalized spacial score (nSPS) is 14.8. The van der Waals surface area contributed by atoms with Crippen molar-refractivity contribution in [3.05, 3.63) is 47.2 Å². The Morgan fingerprint density at radius 1 is 1.38 bits per heavy atom. The summed E-state index contributed by atoms with van der Waals surface area (Å²) in [5.41, 5.74) is 2.44. The van der Waals surface area contributed by atoms with Gasteiger partial charge in [0.25, 0.3) is 5.91 Å². The van der Waals surface area contributed by atoms with Gasteiger partial charge in [-0.15, -0.1) is 0 Å². The molecule has 0 aliphatic carbocycles. The fraction of sp³-hybridized carbons (Fsp3) is 0.444. The van der Waals surface area contributed by atoms with E-state index in [4.69, 9.17) is 4.74 Å². The number of hydrogen-bond acceptors (Lipinski definition) is 4. The zero-order valence-electron chi connectivity index (χ0n) is 14.5. The molecule has 1 aliphatic heterocycles. The average Bonchev–Trinajstić information content (AvgIpc) is 2.93. The van der Waals surface area contributed by atoms with Crippen molar-refractivity contribution < 1.29 is 9.53 Å². The monoisotopic (exact) mass is 328 g/mol. The minimum Gasteiger partial charge on any atom is -0.478 e. The molecule has 0 saturated heterocycles. The third-order valence-electron chi connectivity index (χ3n) is 4.36. The van der Waals surface area contributed by atoms with Crippen LogP contribution >= 0.6 is 0 Å². The van der Waals surface area contributed by atoms with Crippen molar-refractivity contribution in [1.82, 2.24) is 20.0 Å². The molecule has 0 bridgehead atoms. The van der Waals surface area contributed by atoms with E-state index in [1.165, 1.54) is 5.56 Å². The van der Waals surface area contributed by atoms with E-state index in [9.17, 15) is 4.79 Å². The van der Waals surface area contributed by atoms with Crippen LogP contribution in [-0.4, -0.2) is 47.8 Å². The van der Waals surface area contributed by atoms with Crippen LogP contribution in [0.3, 0.4) is 0 Å². The summed E-state index contributed by atoms with van der Waals surface area (Å²) in [6.07, 6.45) is 0.923. The highest BCUT2D eigenvalue weighted by Gasteiger charge is 2.24. The van der Waals surface area contributed by atoms with E-state index < -0.39 is 0 Å². The van der Waals surface area contributed by atoms with E-state index in [0.29, 0.717) is 18.8 Å². The Morgan fingerprint density at radius 2 is 2.12 bits per heavy atom. The van der Waals surface area contributed by atoms with Crippen LogP contribution in [0.15, 0.2) is 30.3 Å². The maximum atomic E-state index is 12.6. The summed E-state index contributed by atoms with van der Waals surface area (Å²) in [4.78, 5) is 14.7. The fourth-order valence-electron chi connectivity index (χ4n) is 3.02. The molecular formula is C18H24N4O2. The highest BCUT2D eigenvalue weighted by atomic mass is 16.5. The summed E-state index contributed by atoms with van der Waals surface area (Å²) >= 11 is 0. The standard InChI is InChI=1S/C18H24N4O2/c1-13-16(20-22-10-7-11-24-18(13)22)17(23)19-12-15(21(2)3)14-8-5-4-6-9-14/h4-6,8-9,15H,7,10-12H2,1-3H3,(H,19,23). The first-order valence-electron chi connectivity index (χ1n) is 8.27. The Labute approximate surface area is 142 Å². The second-order valence-corrected chi connectivity index (χ2v) is 6.30. The highest BCUT2D eigenvalue weighted by Crippen LogP contribution is 2.25. The molecule has 1 atom stereocenters. The molecular weight excluding hydrogens is 304 g/mol. The third-order valence-corrected chi connectivity index (χ3v) is 4.36. The van der Waals surface area contributed by atoms with Crippen LogP contribution in [0, 0.1) is 6.92 Å². The number of nitrogens with zero attached hydrogens (tertiary/aromatic N) is 3. The van der Waals surface area contributed by atoms with Gasteiger partial charge in [0, 0.05) is 25.1 Å². The van der Waals surface area contributed by atoms with Crippen LogP contribution in [0.1, 0.15) is 34.1 Å². The smallest absolute Gasteiger partial charge is 0.272 e. The molecule has 1 amide bonds. The Balaban J connectivity index is 1.72. The highest BCUT2D eigenvalue weighted by molar-refractivity contribution is 5.94. The van der Waals surface area contributed by atoms with Crippen LogP contribution in [0.25, 0.3) is 0 Å². The van der Waals surface area contributed by atoms with E-state index in [2.05, 4.69) is 27.4 Å². The number of likely N-dealkylation sites (N-methyl/N-ethyl adjacent to an activating group) is 1. The lowest BCUT2D eigenvalue weighted by molar-refractivity contribution is 0.0935. The van der Waals surface area contributed by atoms with E-state index in [-0.39, 0.29) is 11.9 Å². The summed E-state index contributed by atoms with van der Waals surface area (Å²) in [5, 5.41) is 7.43. The average molecular weight is 328 g/mol. The zero-order chi connectivity index (χ0) is 17.1. The van der Waals surface area contributed by atoms with E-state index in [1.807, 2.05) is 39.2 Å². The molecule has 24 heavy (non-hydrogen) atoms. The molecule has 0 spiro atoms. The number of ether oxygens (including phenoxy) is 1. The van der Waals surface area contributed by atoms with E-state index in [0.717, 1.165) is 24.4 Å². The molecule has 1 unspecified atom stereocenters. The van der Waals surface area contributed by atoms with Gasteiger partial charge in [0.15, 0.2) is 5.69 Å². The molecule has 1 aliphatic rings. The van der Waals surface area contributed by atoms with Gasteiger partial charge in [-0.1, -0.05) is 30.3 Å². The maximum Gasteiger partial charge on any atom is 0.272 e. The zero-order valence-corrected chi connectivity index (χ0v) is 14.5. The Morgan fingerprint density at radius 3 is 2.79 bits per heavy atom. The summed E-state index contributed by atoms with van der Waals surface area (Å²) in [6.45, 7) is 3.90. The second-order valence-electron chi connectivity index (χ2n) is 6.30. The van der Waals surface area contributed by atoms with Crippen molar-refractivity contribution >= 4 is 5.91 Å². The molecule has 1 aromatic carbocycles. The quantitative estimate of drug-likeness (QED) is 0.912. The maximum absolute atomic E-state index is 12.6. The predicted molar refractivity (Wildman–Crippen MR) is 92.3 cm³/mol. The van der Waals surface area contributed by atoms with Gasteiger partial charge in [-0.05, 0) is 26.6 Å². The number of rotatable bonds is 5. The van der Waals surface area contributed by atoms with Gasteiger partial charge in [0.1, 0.15) is 0 Å². The number of nitrogens with one attached hydrogen (secondary N) is 1. The van der Waals surface area contributed by atoms with Crippen molar-refractivity contribution in [2.24, 2.45) is 0 Å². The summed E-state index contributed by atoms with van der Waals surface area (Å²) in [5.74, 6) is 0.569. The molecule has 128 valence electrons. The van der Waals surface area contributed by atoms with Crippen LogP contribution in [-0.2, 0) is 6.54 Å². The lowest BCUT2D eigenvalue weighted by Gasteiger charge is -2.25. The minimum atomic E-state index is -0.152. The van der Waals surface area contributed by atoms with Crippen molar-refractivity contribution in [3.8, 4) is 5.88 Å². The van der Waals surface area contributed by atoms with Crippen LogP contribution in [0.2, 0.25) is 0 Å². The molecule has 0 fully saturated rings. The fourth-order valence-corrected chi connectivity index (χ4v) is 3.02. The summed E-state index contributed by atoms with van der Waals surface area (Å²) in [6, 6.07) is 10.3. The van der Waals surface area contributed by atoms with Crippen LogP contribution in [0.4, 0.5) is 0 Å². The SMILES string of the molecule is Cc1c(C(=O)NCC(c2ccccc2)N(C)C)nn2c1OCCC2. The number of aromatic nitrogens is 2. The van der Waals surface area contributed by atoms with Gasteiger partial charge < -0.3 is 15.0 Å².